The Morgan fingerprint density at radius 3 is 2.15 bits per heavy atom. The van der Waals surface area contributed by atoms with Crippen molar-refractivity contribution in [2.24, 2.45) is 17.1 Å². The lowest BCUT2D eigenvalue weighted by Gasteiger charge is -2.48. The molecule has 0 bridgehead atoms. The molecule has 1 heterocycles. The van der Waals surface area contributed by atoms with Crippen molar-refractivity contribution in [1.82, 2.24) is 9.80 Å². The Labute approximate surface area is 125 Å². The van der Waals surface area contributed by atoms with Gasteiger partial charge in [0.1, 0.15) is 0 Å². The Morgan fingerprint density at radius 1 is 1.15 bits per heavy atom. The first-order valence-corrected chi connectivity index (χ1v) is 8.40. The van der Waals surface area contributed by atoms with Gasteiger partial charge in [0, 0.05) is 31.2 Å². The van der Waals surface area contributed by atoms with Crippen LogP contribution < -0.4 is 5.73 Å². The number of likely N-dealkylation sites (N-methyl/N-ethyl adjacent to an activating group) is 1. The van der Waals surface area contributed by atoms with Gasteiger partial charge in [-0.2, -0.15) is 0 Å². The summed E-state index contributed by atoms with van der Waals surface area (Å²) in [5, 5.41) is 0. The maximum absolute atomic E-state index is 6.24. The molecule has 0 amide bonds. The fourth-order valence-electron chi connectivity index (χ4n) is 4.26. The Morgan fingerprint density at radius 2 is 1.75 bits per heavy atom. The molecule has 0 aromatic rings. The third-order valence-corrected chi connectivity index (χ3v) is 6.09. The maximum atomic E-state index is 6.24. The number of hydrogen-bond donors (Lipinski definition) is 1. The molecule has 2 fully saturated rings. The minimum absolute atomic E-state index is 0.298. The van der Waals surface area contributed by atoms with Gasteiger partial charge in [-0.1, -0.05) is 20.8 Å². The van der Waals surface area contributed by atoms with Crippen molar-refractivity contribution in [3.05, 3.63) is 0 Å². The van der Waals surface area contributed by atoms with Crippen molar-refractivity contribution in [1.29, 1.82) is 0 Å². The van der Waals surface area contributed by atoms with E-state index in [1.54, 1.807) is 0 Å². The quantitative estimate of drug-likeness (QED) is 0.863. The van der Waals surface area contributed by atoms with E-state index in [2.05, 4.69) is 44.7 Å². The predicted octanol–water partition coefficient (Wildman–Crippen LogP) is 2.56. The van der Waals surface area contributed by atoms with Gasteiger partial charge in [0.15, 0.2) is 0 Å². The Kier molecular flexibility index (Phi) is 4.83. The minimum Gasteiger partial charge on any atom is -0.329 e. The van der Waals surface area contributed by atoms with E-state index in [-0.39, 0.29) is 0 Å². The summed E-state index contributed by atoms with van der Waals surface area (Å²) in [6.45, 7) is 10.5. The Hall–Kier alpha value is -0.120. The molecule has 20 heavy (non-hydrogen) atoms. The van der Waals surface area contributed by atoms with E-state index < -0.39 is 0 Å². The molecule has 2 rings (SSSR count). The maximum Gasteiger partial charge on any atom is 0.0332 e. The molecular formula is C17H35N3. The average Bonchev–Trinajstić information content (AvgIpc) is 2.88. The van der Waals surface area contributed by atoms with Crippen LogP contribution in [0, 0.1) is 11.3 Å². The summed E-state index contributed by atoms with van der Waals surface area (Å²) in [5.41, 5.74) is 6.99. The Balaban J connectivity index is 1.99. The summed E-state index contributed by atoms with van der Waals surface area (Å²) in [5.74, 6) is 0.870. The fourth-order valence-corrected chi connectivity index (χ4v) is 4.26. The lowest BCUT2D eigenvalue weighted by atomic mass is 9.67. The van der Waals surface area contributed by atoms with Crippen LogP contribution in [0.4, 0.5) is 0 Å². The lowest BCUT2D eigenvalue weighted by molar-refractivity contribution is 0.0330. The third-order valence-electron chi connectivity index (χ3n) is 6.09. The van der Waals surface area contributed by atoms with E-state index in [0.717, 1.165) is 18.5 Å². The first-order valence-electron chi connectivity index (χ1n) is 8.40. The highest BCUT2D eigenvalue weighted by Crippen LogP contribution is 2.44. The molecule has 2 N–H and O–H groups in total. The Bertz CT molecular complexity index is 311. The molecule has 1 saturated heterocycles. The van der Waals surface area contributed by atoms with Crippen LogP contribution in [-0.4, -0.2) is 55.1 Å². The molecule has 0 radical (unpaired) electrons. The van der Waals surface area contributed by atoms with Gasteiger partial charge >= 0.3 is 0 Å². The number of likely N-dealkylation sites (tertiary alicyclic amines) is 1. The van der Waals surface area contributed by atoms with Crippen LogP contribution in [0.3, 0.4) is 0 Å². The minimum atomic E-state index is 0.298. The molecule has 0 aromatic heterocycles. The summed E-state index contributed by atoms with van der Waals surface area (Å²) in [6.07, 6.45) is 6.60. The van der Waals surface area contributed by atoms with Crippen LogP contribution in [0.15, 0.2) is 0 Å². The van der Waals surface area contributed by atoms with E-state index in [1.807, 2.05) is 0 Å². The summed E-state index contributed by atoms with van der Waals surface area (Å²) < 4.78 is 0. The molecule has 1 atom stereocenters. The van der Waals surface area contributed by atoms with Crippen LogP contribution in [-0.2, 0) is 0 Å². The summed E-state index contributed by atoms with van der Waals surface area (Å²) >= 11 is 0. The zero-order valence-electron chi connectivity index (χ0n) is 14.3. The van der Waals surface area contributed by atoms with Crippen LogP contribution in [0.1, 0.15) is 52.9 Å². The van der Waals surface area contributed by atoms with Gasteiger partial charge in [0.05, 0.1) is 0 Å². The molecule has 3 nitrogen and oxygen atoms in total. The first-order chi connectivity index (χ1) is 9.28. The zero-order chi connectivity index (χ0) is 15.0. The molecule has 118 valence electrons. The fraction of sp³-hybridized carbons (Fsp3) is 1.00. The number of hydrogen-bond acceptors (Lipinski definition) is 3. The van der Waals surface area contributed by atoms with Crippen molar-refractivity contribution in [3.8, 4) is 0 Å². The topological polar surface area (TPSA) is 32.5 Å². The largest absolute Gasteiger partial charge is 0.329 e. The van der Waals surface area contributed by atoms with Gasteiger partial charge in [-0.25, -0.2) is 0 Å². The molecule has 0 aromatic carbocycles. The summed E-state index contributed by atoms with van der Waals surface area (Å²) in [7, 11) is 4.42. The second-order valence-electron chi connectivity index (χ2n) is 8.42. The molecule has 1 unspecified atom stereocenters. The van der Waals surface area contributed by atoms with Gasteiger partial charge in [0.25, 0.3) is 0 Å². The zero-order valence-corrected chi connectivity index (χ0v) is 14.3. The third kappa shape index (κ3) is 3.20. The van der Waals surface area contributed by atoms with Crippen molar-refractivity contribution in [2.45, 2.75) is 64.5 Å². The van der Waals surface area contributed by atoms with Gasteiger partial charge < -0.3 is 10.6 Å². The van der Waals surface area contributed by atoms with Gasteiger partial charge in [-0.05, 0) is 57.5 Å². The van der Waals surface area contributed by atoms with E-state index in [1.165, 1.54) is 45.2 Å². The molecule has 2 aliphatic rings. The average molecular weight is 281 g/mol. The van der Waals surface area contributed by atoms with Crippen LogP contribution in [0.2, 0.25) is 0 Å². The standard InChI is InChI=1S/C17H35N3/c1-16(2,3)14-6-9-17(13-18,10-7-14)20-11-8-15(12-20)19(4)5/h14-15H,6-13,18H2,1-5H3. The van der Waals surface area contributed by atoms with Crippen LogP contribution in [0.5, 0.6) is 0 Å². The molecule has 0 spiro atoms. The molecule has 3 heteroatoms. The predicted molar refractivity (Wildman–Crippen MR) is 86.9 cm³/mol. The normalized spacial score (nSPS) is 36.8. The highest BCUT2D eigenvalue weighted by molar-refractivity contribution is 5.00. The van der Waals surface area contributed by atoms with E-state index in [9.17, 15) is 0 Å². The number of nitrogens with two attached hydrogens (primary N) is 1. The van der Waals surface area contributed by atoms with Gasteiger partial charge in [-0.15, -0.1) is 0 Å². The monoisotopic (exact) mass is 281 g/mol. The van der Waals surface area contributed by atoms with E-state index >= 15 is 0 Å². The first kappa shape index (κ1) is 16.3. The van der Waals surface area contributed by atoms with Crippen molar-refractivity contribution in [3.63, 3.8) is 0 Å². The number of rotatable bonds is 3. The highest BCUT2D eigenvalue weighted by Gasteiger charge is 2.44. The SMILES string of the molecule is CN(C)C1CCN(C2(CN)CCC(C(C)(C)C)CC2)C1. The summed E-state index contributed by atoms with van der Waals surface area (Å²) in [4.78, 5) is 5.10. The van der Waals surface area contributed by atoms with Gasteiger partial charge in [0.2, 0.25) is 0 Å². The van der Waals surface area contributed by atoms with Gasteiger partial charge in [-0.3, -0.25) is 4.90 Å². The van der Waals surface area contributed by atoms with Crippen LogP contribution in [0.25, 0.3) is 0 Å². The smallest absolute Gasteiger partial charge is 0.0332 e. The number of nitrogens with zero attached hydrogens (tertiary/aromatic N) is 2. The van der Waals surface area contributed by atoms with Crippen molar-refractivity contribution >= 4 is 0 Å². The van der Waals surface area contributed by atoms with Crippen molar-refractivity contribution < 1.29 is 0 Å². The molecular weight excluding hydrogens is 246 g/mol. The molecule has 1 aliphatic carbocycles. The lowest BCUT2D eigenvalue weighted by Crippen LogP contribution is -2.56. The highest BCUT2D eigenvalue weighted by atomic mass is 15.3. The van der Waals surface area contributed by atoms with Crippen molar-refractivity contribution in [2.75, 3.05) is 33.7 Å². The second-order valence-corrected chi connectivity index (χ2v) is 8.42. The van der Waals surface area contributed by atoms with Crippen LogP contribution >= 0.6 is 0 Å². The van der Waals surface area contributed by atoms with E-state index in [0.29, 0.717) is 11.0 Å². The molecule has 1 aliphatic heterocycles. The summed E-state index contributed by atoms with van der Waals surface area (Å²) in [6, 6.07) is 0.721. The van der Waals surface area contributed by atoms with E-state index in [4.69, 9.17) is 5.73 Å². The second kappa shape index (κ2) is 5.94. The molecule has 1 saturated carbocycles.